The summed E-state index contributed by atoms with van der Waals surface area (Å²) in [6.45, 7) is 6.24. The SMILES string of the molecule is CC(C)(C)OC(=O)N(CC1=NOCC1)c1ccon1. The first kappa shape index (κ1) is 13.4. The maximum Gasteiger partial charge on any atom is 0.416 e. The van der Waals surface area contributed by atoms with Crippen LogP contribution >= 0.6 is 0 Å². The lowest BCUT2D eigenvalue weighted by Gasteiger charge is -2.25. The molecule has 0 unspecified atom stereocenters. The third-order valence-electron chi connectivity index (χ3n) is 2.33. The highest BCUT2D eigenvalue weighted by Crippen LogP contribution is 2.17. The van der Waals surface area contributed by atoms with Gasteiger partial charge in [-0.25, -0.2) is 4.79 Å². The summed E-state index contributed by atoms with van der Waals surface area (Å²) in [6.07, 6.45) is 1.60. The monoisotopic (exact) mass is 267 g/mol. The van der Waals surface area contributed by atoms with E-state index in [0.29, 0.717) is 18.8 Å². The Kier molecular flexibility index (Phi) is 3.73. The summed E-state index contributed by atoms with van der Waals surface area (Å²) in [5.74, 6) is 0.392. The highest BCUT2D eigenvalue weighted by atomic mass is 16.6. The average Bonchev–Trinajstić information content (AvgIpc) is 2.96. The van der Waals surface area contributed by atoms with Crippen LogP contribution in [-0.2, 0) is 9.57 Å². The number of hydrogen-bond acceptors (Lipinski definition) is 6. The first-order valence-corrected chi connectivity index (χ1v) is 6.04. The molecule has 0 aromatic carbocycles. The number of ether oxygens (including phenoxy) is 1. The Morgan fingerprint density at radius 2 is 2.32 bits per heavy atom. The van der Waals surface area contributed by atoms with Crippen LogP contribution in [-0.4, -0.2) is 35.7 Å². The van der Waals surface area contributed by atoms with Gasteiger partial charge in [0.25, 0.3) is 0 Å². The second-order valence-electron chi connectivity index (χ2n) is 5.16. The summed E-state index contributed by atoms with van der Waals surface area (Å²) >= 11 is 0. The fourth-order valence-corrected chi connectivity index (χ4v) is 1.54. The molecule has 0 N–H and O–H groups in total. The predicted molar refractivity (Wildman–Crippen MR) is 68.1 cm³/mol. The predicted octanol–water partition coefficient (Wildman–Crippen LogP) is 2.19. The maximum absolute atomic E-state index is 12.2. The molecule has 1 aromatic rings. The van der Waals surface area contributed by atoms with Gasteiger partial charge in [0.1, 0.15) is 18.5 Å². The van der Waals surface area contributed by atoms with E-state index in [9.17, 15) is 4.79 Å². The third-order valence-corrected chi connectivity index (χ3v) is 2.33. The van der Waals surface area contributed by atoms with Gasteiger partial charge in [0, 0.05) is 12.5 Å². The molecule has 0 fully saturated rings. The van der Waals surface area contributed by atoms with Crippen molar-refractivity contribution < 1.29 is 18.9 Å². The topological polar surface area (TPSA) is 77.2 Å². The molecule has 0 saturated carbocycles. The smallest absolute Gasteiger partial charge is 0.416 e. The number of aromatic nitrogens is 1. The zero-order chi connectivity index (χ0) is 13.9. The molecule has 1 amide bonds. The fourth-order valence-electron chi connectivity index (χ4n) is 1.54. The molecule has 19 heavy (non-hydrogen) atoms. The first-order valence-electron chi connectivity index (χ1n) is 6.04. The molecule has 2 rings (SSSR count). The molecule has 0 spiro atoms. The Labute approximate surface area is 111 Å². The number of amides is 1. The van der Waals surface area contributed by atoms with E-state index >= 15 is 0 Å². The molecule has 1 aliphatic rings. The van der Waals surface area contributed by atoms with Gasteiger partial charge in [0.05, 0.1) is 12.3 Å². The largest absolute Gasteiger partial charge is 0.443 e. The van der Waals surface area contributed by atoms with Crippen molar-refractivity contribution in [2.45, 2.75) is 32.8 Å². The van der Waals surface area contributed by atoms with Gasteiger partial charge in [-0.2, -0.15) is 0 Å². The van der Waals surface area contributed by atoms with Crippen molar-refractivity contribution in [3.05, 3.63) is 12.3 Å². The minimum Gasteiger partial charge on any atom is -0.443 e. The van der Waals surface area contributed by atoms with Crippen molar-refractivity contribution in [1.82, 2.24) is 5.16 Å². The molecule has 7 heteroatoms. The van der Waals surface area contributed by atoms with Gasteiger partial charge in [-0.05, 0) is 20.8 Å². The summed E-state index contributed by atoms with van der Waals surface area (Å²) in [6, 6.07) is 1.60. The molecule has 0 saturated heterocycles. The number of anilines is 1. The molecular formula is C12H17N3O4. The zero-order valence-electron chi connectivity index (χ0n) is 11.3. The summed E-state index contributed by atoms with van der Waals surface area (Å²) in [7, 11) is 0. The number of hydrogen-bond donors (Lipinski definition) is 0. The molecule has 2 heterocycles. The zero-order valence-corrected chi connectivity index (χ0v) is 11.3. The van der Waals surface area contributed by atoms with E-state index in [1.807, 2.05) is 20.8 Å². The van der Waals surface area contributed by atoms with E-state index in [2.05, 4.69) is 10.3 Å². The molecule has 1 aromatic heterocycles. The number of oxime groups is 1. The van der Waals surface area contributed by atoms with E-state index < -0.39 is 11.7 Å². The van der Waals surface area contributed by atoms with Crippen molar-refractivity contribution in [3.63, 3.8) is 0 Å². The van der Waals surface area contributed by atoms with Crippen LogP contribution in [0.25, 0.3) is 0 Å². The van der Waals surface area contributed by atoms with Gasteiger partial charge < -0.3 is 14.1 Å². The second-order valence-corrected chi connectivity index (χ2v) is 5.16. The Bertz CT molecular complexity index is 462. The number of rotatable bonds is 3. The van der Waals surface area contributed by atoms with Gasteiger partial charge in [0.2, 0.25) is 0 Å². The van der Waals surface area contributed by atoms with Crippen molar-refractivity contribution >= 4 is 17.6 Å². The van der Waals surface area contributed by atoms with Gasteiger partial charge in [-0.1, -0.05) is 10.3 Å². The van der Waals surface area contributed by atoms with Crippen LogP contribution in [0.5, 0.6) is 0 Å². The standard InChI is InChI=1S/C12H17N3O4/c1-12(2,3)19-11(16)15(10-5-7-18-14-10)8-9-4-6-17-13-9/h5,7H,4,6,8H2,1-3H3. The van der Waals surface area contributed by atoms with Gasteiger partial charge in [-0.15, -0.1) is 0 Å². The minimum atomic E-state index is -0.576. The van der Waals surface area contributed by atoms with Crippen LogP contribution in [0, 0.1) is 0 Å². The summed E-state index contributed by atoms with van der Waals surface area (Å²) in [4.78, 5) is 18.5. The lowest BCUT2D eigenvalue weighted by atomic mass is 10.2. The van der Waals surface area contributed by atoms with Gasteiger partial charge in [0.15, 0.2) is 5.82 Å². The van der Waals surface area contributed by atoms with Crippen LogP contribution in [0.3, 0.4) is 0 Å². The van der Waals surface area contributed by atoms with Crippen molar-refractivity contribution in [3.8, 4) is 0 Å². The van der Waals surface area contributed by atoms with E-state index in [0.717, 1.165) is 5.71 Å². The molecule has 0 radical (unpaired) electrons. The molecular weight excluding hydrogens is 250 g/mol. The average molecular weight is 267 g/mol. The van der Waals surface area contributed by atoms with Crippen LogP contribution < -0.4 is 4.90 Å². The van der Waals surface area contributed by atoms with E-state index in [-0.39, 0.29) is 6.54 Å². The second kappa shape index (κ2) is 5.29. The van der Waals surface area contributed by atoms with Crippen LogP contribution in [0.4, 0.5) is 10.6 Å². The minimum absolute atomic E-state index is 0.279. The Morgan fingerprint density at radius 1 is 1.53 bits per heavy atom. The van der Waals surface area contributed by atoms with Crippen molar-refractivity contribution in [1.29, 1.82) is 0 Å². The van der Waals surface area contributed by atoms with Crippen LogP contribution in [0.15, 0.2) is 22.0 Å². The summed E-state index contributed by atoms with van der Waals surface area (Å²) < 4.78 is 10.1. The number of nitrogens with zero attached hydrogens (tertiary/aromatic N) is 3. The van der Waals surface area contributed by atoms with E-state index in [4.69, 9.17) is 14.1 Å². The van der Waals surface area contributed by atoms with E-state index in [1.165, 1.54) is 11.2 Å². The Hall–Kier alpha value is -2.05. The lowest BCUT2D eigenvalue weighted by Crippen LogP contribution is -2.40. The third kappa shape index (κ3) is 3.70. The highest BCUT2D eigenvalue weighted by molar-refractivity contribution is 5.97. The van der Waals surface area contributed by atoms with Gasteiger partial charge in [-0.3, -0.25) is 4.90 Å². The number of carbonyl (C=O) groups is 1. The Balaban J connectivity index is 2.12. The van der Waals surface area contributed by atoms with Crippen molar-refractivity contribution in [2.75, 3.05) is 18.1 Å². The Morgan fingerprint density at radius 3 is 2.84 bits per heavy atom. The molecule has 0 bridgehead atoms. The molecule has 1 aliphatic heterocycles. The van der Waals surface area contributed by atoms with Gasteiger partial charge >= 0.3 is 6.09 Å². The maximum atomic E-state index is 12.2. The molecule has 0 atom stereocenters. The highest BCUT2D eigenvalue weighted by Gasteiger charge is 2.27. The molecule has 104 valence electrons. The van der Waals surface area contributed by atoms with Crippen LogP contribution in [0.2, 0.25) is 0 Å². The lowest BCUT2D eigenvalue weighted by molar-refractivity contribution is 0.0583. The molecule has 0 aliphatic carbocycles. The molecule has 7 nitrogen and oxygen atoms in total. The van der Waals surface area contributed by atoms with E-state index in [1.54, 1.807) is 6.07 Å². The number of carbonyl (C=O) groups excluding carboxylic acids is 1. The van der Waals surface area contributed by atoms with Crippen molar-refractivity contribution in [2.24, 2.45) is 5.16 Å². The van der Waals surface area contributed by atoms with Crippen LogP contribution in [0.1, 0.15) is 27.2 Å². The summed E-state index contributed by atoms with van der Waals surface area (Å²) in [5, 5.41) is 7.64. The fraction of sp³-hybridized carbons (Fsp3) is 0.583. The quantitative estimate of drug-likeness (QED) is 0.838. The normalized spacial score (nSPS) is 14.8. The first-order chi connectivity index (χ1) is 8.96. The summed E-state index contributed by atoms with van der Waals surface area (Å²) in [5.41, 5.74) is 0.196.